The van der Waals surface area contributed by atoms with E-state index >= 15 is 0 Å². The predicted molar refractivity (Wildman–Crippen MR) is 112 cm³/mol. The van der Waals surface area contributed by atoms with Gasteiger partial charge in [-0.2, -0.15) is 5.10 Å². The number of hydrazone groups is 1. The van der Waals surface area contributed by atoms with Crippen LogP contribution in [0.2, 0.25) is 0 Å². The highest BCUT2D eigenvalue weighted by Gasteiger charge is 2.13. The molecule has 144 valence electrons. The van der Waals surface area contributed by atoms with Gasteiger partial charge in [-0.05, 0) is 39.9 Å². The van der Waals surface area contributed by atoms with E-state index in [0.717, 1.165) is 10.8 Å². The molecule has 0 aliphatic heterocycles. The van der Waals surface area contributed by atoms with Gasteiger partial charge in [0.25, 0.3) is 5.91 Å². The normalized spacial score (nSPS) is 11.7. The molecule has 5 nitrogen and oxygen atoms in total. The van der Waals surface area contributed by atoms with Crippen LogP contribution in [-0.4, -0.2) is 23.8 Å². The number of fused-ring (bicyclic) bond motifs is 1. The first kappa shape index (κ1) is 19.4. The number of benzene rings is 3. The Hall–Kier alpha value is -3.34. The fraction of sp³-hybridized carbons (Fsp3) is 0.217. The molecule has 2 N–H and O–H groups in total. The molecule has 0 radical (unpaired) electrons. The Balaban J connectivity index is 1.58. The average Bonchev–Trinajstić information content (AvgIpc) is 2.68. The van der Waals surface area contributed by atoms with Crippen LogP contribution in [0.4, 0.5) is 0 Å². The first-order valence-corrected chi connectivity index (χ1v) is 9.10. The summed E-state index contributed by atoms with van der Waals surface area (Å²) in [4.78, 5) is 12.0. The number of ether oxygens (including phenoxy) is 1. The molecule has 0 saturated heterocycles. The van der Waals surface area contributed by atoms with E-state index in [1.165, 1.54) is 11.8 Å². The molecule has 0 heterocycles. The van der Waals surface area contributed by atoms with Crippen molar-refractivity contribution < 1.29 is 14.6 Å². The zero-order valence-electron chi connectivity index (χ0n) is 16.3. The molecule has 0 aromatic heterocycles. The van der Waals surface area contributed by atoms with Gasteiger partial charge in [0, 0.05) is 5.56 Å². The predicted octanol–water partition coefficient (Wildman–Crippen LogP) is 4.37. The van der Waals surface area contributed by atoms with Crippen molar-refractivity contribution in [3.8, 4) is 11.5 Å². The fourth-order valence-electron chi connectivity index (χ4n) is 2.82. The standard InChI is InChI=1S/C23H24N2O3/c1-23(2,3)17-9-11-18(12-10-17)28-15-22(27)25-24-14-20-19-7-5-4-6-16(19)8-13-21(20)26/h4-14,26H,15H2,1-3H3,(H,25,27)/b24-14-. The highest BCUT2D eigenvalue weighted by Crippen LogP contribution is 2.25. The van der Waals surface area contributed by atoms with Crippen molar-refractivity contribution in [2.75, 3.05) is 6.61 Å². The smallest absolute Gasteiger partial charge is 0.277 e. The monoisotopic (exact) mass is 376 g/mol. The van der Waals surface area contributed by atoms with Crippen molar-refractivity contribution in [1.29, 1.82) is 0 Å². The summed E-state index contributed by atoms with van der Waals surface area (Å²) in [7, 11) is 0. The van der Waals surface area contributed by atoms with Crippen LogP contribution in [0.15, 0.2) is 65.8 Å². The molecule has 0 spiro atoms. The number of amides is 1. The van der Waals surface area contributed by atoms with Crippen molar-refractivity contribution in [1.82, 2.24) is 5.43 Å². The zero-order chi connectivity index (χ0) is 20.1. The largest absolute Gasteiger partial charge is 0.507 e. The van der Waals surface area contributed by atoms with Crippen LogP contribution in [-0.2, 0) is 10.2 Å². The number of nitrogens with one attached hydrogen (secondary N) is 1. The number of phenols is 1. The van der Waals surface area contributed by atoms with Gasteiger partial charge in [0.15, 0.2) is 6.61 Å². The van der Waals surface area contributed by atoms with Crippen LogP contribution < -0.4 is 10.2 Å². The minimum atomic E-state index is -0.379. The van der Waals surface area contributed by atoms with Gasteiger partial charge in [0.05, 0.1) is 6.21 Å². The molecule has 5 heteroatoms. The maximum atomic E-state index is 12.0. The third-order valence-corrected chi connectivity index (χ3v) is 4.42. The van der Waals surface area contributed by atoms with Crippen LogP contribution in [0.3, 0.4) is 0 Å². The maximum absolute atomic E-state index is 12.0. The van der Waals surface area contributed by atoms with E-state index in [2.05, 4.69) is 31.3 Å². The lowest BCUT2D eigenvalue weighted by molar-refractivity contribution is -0.123. The summed E-state index contributed by atoms with van der Waals surface area (Å²) in [6.07, 6.45) is 1.44. The number of rotatable bonds is 5. The van der Waals surface area contributed by atoms with Crippen LogP contribution in [0, 0.1) is 0 Å². The van der Waals surface area contributed by atoms with Gasteiger partial charge >= 0.3 is 0 Å². The van der Waals surface area contributed by atoms with Crippen LogP contribution in [0.1, 0.15) is 31.9 Å². The highest BCUT2D eigenvalue weighted by molar-refractivity contribution is 6.02. The van der Waals surface area contributed by atoms with E-state index in [0.29, 0.717) is 11.3 Å². The molecule has 0 unspecified atom stereocenters. The van der Waals surface area contributed by atoms with Gasteiger partial charge in [-0.25, -0.2) is 5.43 Å². The summed E-state index contributed by atoms with van der Waals surface area (Å²) >= 11 is 0. The molecule has 28 heavy (non-hydrogen) atoms. The number of carbonyl (C=O) groups excluding carboxylic acids is 1. The summed E-state index contributed by atoms with van der Waals surface area (Å²) in [6, 6.07) is 18.8. The summed E-state index contributed by atoms with van der Waals surface area (Å²) in [5.41, 5.74) is 4.24. The van der Waals surface area contributed by atoms with E-state index in [9.17, 15) is 9.90 Å². The van der Waals surface area contributed by atoms with Gasteiger partial charge in [-0.1, -0.05) is 63.2 Å². The van der Waals surface area contributed by atoms with E-state index in [4.69, 9.17) is 4.74 Å². The first-order chi connectivity index (χ1) is 13.3. The van der Waals surface area contributed by atoms with Crippen LogP contribution in [0.5, 0.6) is 11.5 Å². The van der Waals surface area contributed by atoms with Gasteiger partial charge in [0.1, 0.15) is 11.5 Å². The van der Waals surface area contributed by atoms with Gasteiger partial charge < -0.3 is 9.84 Å². The SMILES string of the molecule is CC(C)(C)c1ccc(OCC(=O)N/N=C\c2c(O)ccc3ccccc23)cc1. The third kappa shape index (κ3) is 4.68. The second kappa shape index (κ2) is 8.13. The lowest BCUT2D eigenvalue weighted by Crippen LogP contribution is -2.24. The van der Waals surface area contributed by atoms with E-state index in [-0.39, 0.29) is 23.7 Å². The Bertz CT molecular complexity index is 1000. The molecular weight excluding hydrogens is 352 g/mol. The summed E-state index contributed by atoms with van der Waals surface area (Å²) < 4.78 is 5.50. The molecular formula is C23H24N2O3. The topological polar surface area (TPSA) is 70.9 Å². The van der Waals surface area contributed by atoms with E-state index < -0.39 is 0 Å². The third-order valence-electron chi connectivity index (χ3n) is 4.42. The Labute approximate surface area is 164 Å². The lowest BCUT2D eigenvalue weighted by Gasteiger charge is -2.19. The molecule has 0 aliphatic rings. The van der Waals surface area contributed by atoms with E-state index in [1.54, 1.807) is 6.07 Å². The minimum Gasteiger partial charge on any atom is -0.507 e. The van der Waals surface area contributed by atoms with Crippen molar-refractivity contribution in [2.45, 2.75) is 26.2 Å². The maximum Gasteiger partial charge on any atom is 0.277 e. The van der Waals surface area contributed by atoms with Crippen molar-refractivity contribution in [3.05, 3.63) is 71.8 Å². The summed E-state index contributed by atoms with van der Waals surface area (Å²) in [5, 5.41) is 15.9. The average molecular weight is 376 g/mol. The van der Waals surface area contributed by atoms with Gasteiger partial charge in [-0.15, -0.1) is 0 Å². The number of nitrogens with zero attached hydrogens (tertiary/aromatic N) is 1. The summed E-state index contributed by atoms with van der Waals surface area (Å²) in [5.74, 6) is 0.349. The van der Waals surface area contributed by atoms with Crippen molar-refractivity contribution in [2.24, 2.45) is 5.10 Å². The second-order valence-electron chi connectivity index (χ2n) is 7.58. The van der Waals surface area contributed by atoms with Crippen LogP contribution >= 0.6 is 0 Å². The summed E-state index contributed by atoms with van der Waals surface area (Å²) in [6.45, 7) is 6.28. The lowest BCUT2D eigenvalue weighted by atomic mass is 9.87. The van der Waals surface area contributed by atoms with Crippen LogP contribution in [0.25, 0.3) is 10.8 Å². The minimum absolute atomic E-state index is 0.0673. The zero-order valence-corrected chi connectivity index (χ0v) is 16.3. The Morgan fingerprint density at radius 1 is 1.07 bits per heavy atom. The quantitative estimate of drug-likeness (QED) is 0.513. The first-order valence-electron chi connectivity index (χ1n) is 9.10. The number of carbonyl (C=O) groups is 1. The molecule has 0 fully saturated rings. The molecule has 0 aliphatic carbocycles. The van der Waals surface area contributed by atoms with Gasteiger partial charge in [0.2, 0.25) is 0 Å². The molecule has 0 saturated carbocycles. The van der Waals surface area contributed by atoms with Crippen molar-refractivity contribution in [3.63, 3.8) is 0 Å². The molecule has 3 rings (SSSR count). The van der Waals surface area contributed by atoms with E-state index in [1.807, 2.05) is 54.6 Å². The Kier molecular flexibility index (Phi) is 5.64. The molecule has 0 atom stereocenters. The molecule has 3 aromatic rings. The number of aromatic hydroxyl groups is 1. The van der Waals surface area contributed by atoms with Gasteiger partial charge in [-0.3, -0.25) is 4.79 Å². The molecule has 0 bridgehead atoms. The van der Waals surface area contributed by atoms with Crippen molar-refractivity contribution >= 4 is 22.9 Å². The molecule has 1 amide bonds. The Morgan fingerprint density at radius 3 is 2.50 bits per heavy atom. The highest BCUT2D eigenvalue weighted by atomic mass is 16.5. The second-order valence-corrected chi connectivity index (χ2v) is 7.58. The number of phenolic OH excluding ortho intramolecular Hbond substituents is 1. The Morgan fingerprint density at radius 2 is 1.79 bits per heavy atom. The number of hydrogen-bond donors (Lipinski definition) is 2. The fourth-order valence-corrected chi connectivity index (χ4v) is 2.82. The number of hydrogen-bond acceptors (Lipinski definition) is 4. The molecule has 3 aromatic carbocycles.